The fraction of sp³-hybridized carbons (Fsp3) is 0.412. The van der Waals surface area contributed by atoms with Gasteiger partial charge in [-0.2, -0.15) is 0 Å². The van der Waals surface area contributed by atoms with Crippen LogP contribution in [0.1, 0.15) is 60.2 Å². The number of carbonyl (C=O) groups excluding carboxylic acids is 1. The van der Waals surface area contributed by atoms with E-state index in [1.54, 1.807) is 56.6 Å². The van der Waals surface area contributed by atoms with E-state index in [1.807, 2.05) is 18.2 Å². The van der Waals surface area contributed by atoms with Crippen LogP contribution < -0.4 is 9.64 Å². The van der Waals surface area contributed by atoms with Gasteiger partial charge in [0.25, 0.3) is 0 Å². The summed E-state index contributed by atoms with van der Waals surface area (Å²) < 4.78 is 22.5. The van der Waals surface area contributed by atoms with Gasteiger partial charge in [-0.05, 0) is 67.5 Å². The first-order valence-electron chi connectivity index (χ1n) is 14.6. The van der Waals surface area contributed by atoms with E-state index < -0.39 is 18.1 Å². The van der Waals surface area contributed by atoms with E-state index in [2.05, 4.69) is 6.92 Å². The van der Waals surface area contributed by atoms with E-state index in [-0.39, 0.29) is 36.3 Å². The molecule has 1 amide bonds. The van der Waals surface area contributed by atoms with Gasteiger partial charge in [0.05, 0.1) is 37.6 Å². The number of aromatic carboxylic acids is 1. The van der Waals surface area contributed by atoms with Gasteiger partial charge in [0.15, 0.2) is 0 Å². The highest BCUT2D eigenvalue weighted by atomic mass is 16.5. The number of anilines is 1. The number of carbonyl (C=O) groups is 2. The largest absolute Gasteiger partial charge is 0.496 e. The van der Waals surface area contributed by atoms with Crippen molar-refractivity contribution >= 4 is 39.5 Å². The normalized spacial score (nSPS) is 17.8. The van der Waals surface area contributed by atoms with Gasteiger partial charge in [-0.15, -0.1) is 0 Å². The molecule has 228 valence electrons. The van der Waals surface area contributed by atoms with Gasteiger partial charge in [-0.1, -0.05) is 31.2 Å². The van der Waals surface area contributed by atoms with Crippen LogP contribution in [0.3, 0.4) is 0 Å². The molecule has 1 fully saturated rings. The van der Waals surface area contributed by atoms with Crippen molar-refractivity contribution in [3.8, 4) is 5.75 Å². The van der Waals surface area contributed by atoms with Crippen LogP contribution in [0.25, 0.3) is 21.9 Å². The molecule has 1 unspecified atom stereocenters. The monoisotopic (exact) mass is 589 g/mol. The van der Waals surface area contributed by atoms with Crippen LogP contribution in [0.4, 0.5) is 5.69 Å². The Bertz CT molecular complexity index is 1600. The summed E-state index contributed by atoms with van der Waals surface area (Å²) in [6.07, 6.45) is 2.40. The summed E-state index contributed by atoms with van der Waals surface area (Å²) in [5.41, 5.74) is 2.35. The van der Waals surface area contributed by atoms with Gasteiger partial charge in [0, 0.05) is 36.5 Å². The second-order valence-corrected chi connectivity index (χ2v) is 11.4. The molecule has 9 nitrogen and oxygen atoms in total. The van der Waals surface area contributed by atoms with Crippen LogP contribution in [0, 0.1) is 11.8 Å². The third-order valence-corrected chi connectivity index (χ3v) is 8.54. The van der Waals surface area contributed by atoms with Gasteiger partial charge in [-0.3, -0.25) is 4.79 Å². The van der Waals surface area contributed by atoms with Gasteiger partial charge >= 0.3 is 5.97 Å². The summed E-state index contributed by atoms with van der Waals surface area (Å²) in [6, 6.07) is 15.3. The number of carboxylic acids is 1. The zero-order valence-electron chi connectivity index (χ0n) is 25.0. The lowest BCUT2D eigenvalue weighted by molar-refractivity contribution is -0.124. The number of hydrogen-bond donors (Lipinski definition) is 2. The van der Waals surface area contributed by atoms with E-state index in [0.29, 0.717) is 44.7 Å². The van der Waals surface area contributed by atoms with Gasteiger partial charge in [0.2, 0.25) is 5.91 Å². The molecular weight excluding hydrogens is 550 g/mol. The fourth-order valence-electron chi connectivity index (χ4n) is 6.22. The Morgan fingerprint density at radius 3 is 2.26 bits per heavy atom. The second kappa shape index (κ2) is 13.2. The van der Waals surface area contributed by atoms with Crippen molar-refractivity contribution in [2.45, 2.75) is 44.8 Å². The minimum atomic E-state index is -1.17. The predicted octanol–water partition coefficient (Wildman–Crippen LogP) is 6.20. The number of para-hydroxylation sites is 1. The SMILES string of the molecule is COCC(COC)N(C(=O)C1CCC(C)CC1)c1cc2c(cc1C(=O)O)oc1ccc(C(O)c3ccccc3OC)cc12. The smallest absolute Gasteiger partial charge is 0.337 e. The number of methoxy groups -OCH3 is 3. The number of aliphatic hydroxyl groups excluding tert-OH is 1. The Hall–Kier alpha value is -3.92. The van der Waals surface area contributed by atoms with Crippen LogP contribution >= 0.6 is 0 Å². The Kier molecular flexibility index (Phi) is 9.34. The molecule has 5 rings (SSSR count). The summed E-state index contributed by atoms with van der Waals surface area (Å²) in [5, 5.41) is 22.9. The maximum atomic E-state index is 14.2. The van der Waals surface area contributed by atoms with Crippen LogP contribution in [0.5, 0.6) is 5.75 Å². The number of rotatable bonds is 11. The van der Waals surface area contributed by atoms with E-state index in [1.165, 1.54) is 6.07 Å². The van der Waals surface area contributed by atoms with Crippen molar-refractivity contribution in [1.82, 2.24) is 0 Å². The molecule has 9 heteroatoms. The van der Waals surface area contributed by atoms with Crippen LogP contribution in [0.15, 0.2) is 59.0 Å². The first-order chi connectivity index (χ1) is 20.8. The Morgan fingerprint density at radius 2 is 1.60 bits per heavy atom. The van der Waals surface area contributed by atoms with E-state index in [4.69, 9.17) is 18.6 Å². The van der Waals surface area contributed by atoms with Crippen LogP contribution in [-0.2, 0) is 14.3 Å². The quantitative estimate of drug-likeness (QED) is 0.212. The molecule has 0 spiro atoms. The third-order valence-electron chi connectivity index (χ3n) is 8.54. The summed E-state index contributed by atoms with van der Waals surface area (Å²) in [6.45, 7) is 2.53. The first-order valence-corrected chi connectivity index (χ1v) is 14.6. The standard InChI is InChI=1S/C34H39NO8/c1-20-9-11-21(12-10-20)33(37)35(23(18-40-2)19-41-3)28-16-26-25-15-22(32(36)24-7-5-6-8-29(24)42-4)13-14-30(25)43-31(26)17-27(28)34(38)39/h5-8,13-17,20-21,23,32,36H,9-12,18-19H2,1-4H3,(H,38,39). The number of carboxylic acid groups (broad SMARTS) is 1. The highest BCUT2D eigenvalue weighted by Gasteiger charge is 2.35. The highest BCUT2D eigenvalue weighted by Crippen LogP contribution is 2.39. The number of benzene rings is 3. The molecule has 1 aliphatic rings. The van der Waals surface area contributed by atoms with Crippen molar-refractivity contribution in [3.05, 3.63) is 71.3 Å². The average Bonchev–Trinajstić information content (AvgIpc) is 3.37. The molecule has 0 radical (unpaired) electrons. The summed E-state index contributed by atoms with van der Waals surface area (Å²) in [7, 11) is 4.65. The summed E-state index contributed by atoms with van der Waals surface area (Å²) in [5.74, 6) is -0.418. The fourth-order valence-corrected chi connectivity index (χ4v) is 6.22. The first kappa shape index (κ1) is 30.5. The van der Waals surface area contributed by atoms with Crippen molar-refractivity contribution in [2.75, 3.05) is 39.4 Å². The Balaban J connectivity index is 1.67. The molecule has 4 aromatic rings. The molecule has 1 atom stereocenters. The molecule has 0 aliphatic heterocycles. The molecule has 3 aromatic carbocycles. The second-order valence-electron chi connectivity index (χ2n) is 11.4. The maximum Gasteiger partial charge on any atom is 0.337 e. The molecule has 0 saturated heterocycles. The molecule has 1 heterocycles. The zero-order chi connectivity index (χ0) is 30.7. The zero-order valence-corrected chi connectivity index (χ0v) is 25.0. The lowest BCUT2D eigenvalue weighted by Gasteiger charge is -2.36. The third kappa shape index (κ3) is 6.11. The average molecular weight is 590 g/mol. The Morgan fingerprint density at radius 1 is 0.930 bits per heavy atom. The van der Waals surface area contributed by atoms with Gasteiger partial charge < -0.3 is 33.7 Å². The van der Waals surface area contributed by atoms with Crippen molar-refractivity contribution in [1.29, 1.82) is 0 Å². The highest BCUT2D eigenvalue weighted by molar-refractivity contribution is 6.12. The van der Waals surface area contributed by atoms with Crippen molar-refractivity contribution < 1.29 is 38.4 Å². The van der Waals surface area contributed by atoms with Crippen LogP contribution in [0.2, 0.25) is 0 Å². The predicted molar refractivity (Wildman–Crippen MR) is 164 cm³/mol. The number of furan rings is 1. The lowest BCUT2D eigenvalue weighted by atomic mass is 9.82. The number of hydrogen-bond acceptors (Lipinski definition) is 7. The number of nitrogens with zero attached hydrogens (tertiary/aromatic N) is 1. The minimum absolute atomic E-state index is 0.0458. The Labute approximate surface area is 250 Å². The number of aliphatic hydroxyl groups is 1. The number of ether oxygens (including phenoxy) is 3. The maximum absolute atomic E-state index is 14.2. The number of amides is 1. The molecule has 2 N–H and O–H groups in total. The van der Waals surface area contributed by atoms with Crippen LogP contribution in [-0.4, -0.2) is 62.7 Å². The topological polar surface area (TPSA) is 119 Å². The molecule has 1 aliphatic carbocycles. The van der Waals surface area contributed by atoms with E-state index in [0.717, 1.165) is 25.7 Å². The molecule has 1 saturated carbocycles. The molecule has 0 bridgehead atoms. The summed E-state index contributed by atoms with van der Waals surface area (Å²) >= 11 is 0. The van der Waals surface area contributed by atoms with E-state index in [9.17, 15) is 19.8 Å². The van der Waals surface area contributed by atoms with Crippen molar-refractivity contribution in [2.24, 2.45) is 11.8 Å². The molecule has 1 aromatic heterocycles. The number of fused-ring (bicyclic) bond motifs is 3. The summed E-state index contributed by atoms with van der Waals surface area (Å²) in [4.78, 5) is 28.4. The van der Waals surface area contributed by atoms with Gasteiger partial charge in [-0.25, -0.2) is 4.79 Å². The molecular formula is C34H39NO8. The minimum Gasteiger partial charge on any atom is -0.496 e. The lowest BCUT2D eigenvalue weighted by Crippen LogP contribution is -2.49. The van der Waals surface area contributed by atoms with Crippen molar-refractivity contribution in [3.63, 3.8) is 0 Å². The van der Waals surface area contributed by atoms with E-state index >= 15 is 0 Å². The molecule has 43 heavy (non-hydrogen) atoms. The van der Waals surface area contributed by atoms with Gasteiger partial charge in [0.1, 0.15) is 23.0 Å².